The van der Waals surface area contributed by atoms with Crippen LogP contribution in [0.25, 0.3) is 0 Å². The lowest BCUT2D eigenvalue weighted by molar-refractivity contribution is -0.122. The van der Waals surface area contributed by atoms with E-state index in [1.165, 1.54) is 0 Å². The lowest BCUT2D eigenvalue weighted by Gasteiger charge is -2.26. The highest BCUT2D eigenvalue weighted by molar-refractivity contribution is 5.94. The standard InChI is InChI=1S/C14H24N6O2/c1-5-19-6-7-20-13(14(19)22)11(16-17-20)8-15-12(21)9-18(4)10(2)3/h10H,5-9H2,1-4H3,(H,15,21). The van der Waals surface area contributed by atoms with Crippen molar-refractivity contribution in [1.29, 1.82) is 0 Å². The van der Waals surface area contributed by atoms with Crippen LogP contribution in [0.15, 0.2) is 0 Å². The summed E-state index contributed by atoms with van der Waals surface area (Å²) >= 11 is 0. The van der Waals surface area contributed by atoms with Crippen molar-refractivity contribution in [3.05, 3.63) is 11.4 Å². The van der Waals surface area contributed by atoms with Gasteiger partial charge in [-0.3, -0.25) is 14.5 Å². The minimum Gasteiger partial charge on any atom is -0.349 e. The first-order chi connectivity index (χ1) is 10.4. The van der Waals surface area contributed by atoms with Crippen molar-refractivity contribution >= 4 is 11.8 Å². The van der Waals surface area contributed by atoms with E-state index in [0.717, 1.165) is 0 Å². The number of nitrogens with zero attached hydrogens (tertiary/aromatic N) is 5. The van der Waals surface area contributed by atoms with Crippen LogP contribution in [0.5, 0.6) is 0 Å². The van der Waals surface area contributed by atoms with Crippen molar-refractivity contribution in [3.8, 4) is 0 Å². The van der Waals surface area contributed by atoms with E-state index in [1.807, 2.05) is 32.7 Å². The molecule has 0 saturated heterocycles. The molecule has 2 heterocycles. The zero-order chi connectivity index (χ0) is 16.3. The Morgan fingerprint density at radius 3 is 2.77 bits per heavy atom. The fourth-order valence-corrected chi connectivity index (χ4v) is 2.27. The molecule has 0 saturated carbocycles. The molecule has 0 fully saturated rings. The Kier molecular flexibility index (Phi) is 5.12. The Balaban J connectivity index is 1.99. The fourth-order valence-electron chi connectivity index (χ4n) is 2.27. The molecule has 1 N–H and O–H groups in total. The molecule has 8 heteroatoms. The second kappa shape index (κ2) is 6.87. The van der Waals surface area contributed by atoms with Gasteiger partial charge >= 0.3 is 0 Å². The Morgan fingerprint density at radius 2 is 2.14 bits per heavy atom. The zero-order valence-electron chi connectivity index (χ0n) is 13.7. The van der Waals surface area contributed by atoms with Gasteiger partial charge in [0.25, 0.3) is 5.91 Å². The van der Waals surface area contributed by atoms with Crippen LogP contribution < -0.4 is 5.32 Å². The predicted molar refractivity (Wildman–Crippen MR) is 81.2 cm³/mol. The van der Waals surface area contributed by atoms with Gasteiger partial charge < -0.3 is 10.2 Å². The first kappa shape index (κ1) is 16.4. The summed E-state index contributed by atoms with van der Waals surface area (Å²) in [5.41, 5.74) is 1.02. The summed E-state index contributed by atoms with van der Waals surface area (Å²) in [6.45, 7) is 8.50. The molecule has 0 radical (unpaired) electrons. The normalized spacial score (nSPS) is 14.6. The van der Waals surface area contributed by atoms with E-state index in [2.05, 4.69) is 15.6 Å². The van der Waals surface area contributed by atoms with Gasteiger partial charge in [0.15, 0.2) is 5.69 Å². The lowest BCUT2D eigenvalue weighted by Crippen LogP contribution is -2.41. The second-order valence-electron chi connectivity index (χ2n) is 5.78. The molecule has 8 nitrogen and oxygen atoms in total. The Bertz CT molecular complexity index is 554. The second-order valence-corrected chi connectivity index (χ2v) is 5.78. The molecule has 0 atom stereocenters. The third-order valence-corrected chi connectivity index (χ3v) is 3.99. The summed E-state index contributed by atoms with van der Waals surface area (Å²) in [6, 6.07) is 0.299. The summed E-state index contributed by atoms with van der Waals surface area (Å²) in [5, 5.41) is 10.8. The van der Waals surface area contributed by atoms with Crippen LogP contribution in [-0.2, 0) is 17.9 Å². The largest absolute Gasteiger partial charge is 0.349 e. The number of carbonyl (C=O) groups is 2. The lowest BCUT2D eigenvalue weighted by atomic mass is 10.2. The summed E-state index contributed by atoms with van der Waals surface area (Å²) in [5.74, 6) is -0.157. The molecule has 1 aromatic rings. The molecule has 2 amide bonds. The molecule has 0 unspecified atom stereocenters. The van der Waals surface area contributed by atoms with Crippen molar-refractivity contribution in [3.63, 3.8) is 0 Å². The minimum absolute atomic E-state index is 0.0673. The van der Waals surface area contributed by atoms with Crippen LogP contribution in [0.4, 0.5) is 0 Å². The van der Waals surface area contributed by atoms with Gasteiger partial charge in [-0.15, -0.1) is 5.10 Å². The van der Waals surface area contributed by atoms with E-state index in [-0.39, 0.29) is 18.4 Å². The van der Waals surface area contributed by atoms with Gasteiger partial charge in [0, 0.05) is 19.1 Å². The average molecular weight is 308 g/mol. The molecule has 1 aromatic heterocycles. The Hall–Kier alpha value is -1.96. The molecule has 2 rings (SSSR count). The van der Waals surface area contributed by atoms with Gasteiger partial charge in [0.05, 0.1) is 19.6 Å². The number of fused-ring (bicyclic) bond motifs is 1. The third kappa shape index (κ3) is 3.44. The highest BCUT2D eigenvalue weighted by Gasteiger charge is 2.28. The monoisotopic (exact) mass is 308 g/mol. The highest BCUT2D eigenvalue weighted by atomic mass is 16.2. The summed E-state index contributed by atoms with van der Waals surface area (Å²) < 4.78 is 1.62. The number of aromatic nitrogens is 3. The van der Waals surface area contributed by atoms with Gasteiger partial charge in [-0.25, -0.2) is 4.68 Å². The van der Waals surface area contributed by atoms with Crippen molar-refractivity contribution in [2.24, 2.45) is 0 Å². The summed E-state index contributed by atoms with van der Waals surface area (Å²) in [7, 11) is 1.90. The predicted octanol–water partition coefficient (Wildman–Crippen LogP) is -0.290. The quantitative estimate of drug-likeness (QED) is 0.781. The van der Waals surface area contributed by atoms with Crippen LogP contribution in [0.2, 0.25) is 0 Å². The van der Waals surface area contributed by atoms with Gasteiger partial charge in [-0.1, -0.05) is 5.21 Å². The van der Waals surface area contributed by atoms with Gasteiger partial charge in [0.2, 0.25) is 5.91 Å². The van der Waals surface area contributed by atoms with Crippen LogP contribution >= 0.6 is 0 Å². The number of hydrogen-bond acceptors (Lipinski definition) is 5. The molecule has 1 aliphatic heterocycles. The first-order valence-corrected chi connectivity index (χ1v) is 7.62. The van der Waals surface area contributed by atoms with Crippen molar-refractivity contribution in [2.45, 2.75) is 39.9 Å². The maximum atomic E-state index is 12.3. The number of nitrogens with one attached hydrogen (secondary N) is 1. The summed E-state index contributed by atoms with van der Waals surface area (Å²) in [4.78, 5) is 28.0. The molecule has 0 bridgehead atoms. The third-order valence-electron chi connectivity index (χ3n) is 3.99. The van der Waals surface area contributed by atoms with E-state index in [0.29, 0.717) is 43.6 Å². The molecular formula is C14H24N6O2. The number of amides is 2. The number of rotatable bonds is 6. The smallest absolute Gasteiger partial charge is 0.274 e. The molecule has 1 aliphatic rings. The fraction of sp³-hybridized carbons (Fsp3) is 0.714. The van der Waals surface area contributed by atoms with Gasteiger partial charge in [0.1, 0.15) is 5.69 Å². The average Bonchev–Trinajstić information content (AvgIpc) is 2.89. The van der Waals surface area contributed by atoms with E-state index in [9.17, 15) is 9.59 Å². The summed E-state index contributed by atoms with van der Waals surface area (Å²) in [6.07, 6.45) is 0. The van der Waals surface area contributed by atoms with Crippen LogP contribution in [0.3, 0.4) is 0 Å². The van der Waals surface area contributed by atoms with Gasteiger partial charge in [-0.05, 0) is 27.8 Å². The zero-order valence-corrected chi connectivity index (χ0v) is 13.7. The van der Waals surface area contributed by atoms with Crippen molar-refractivity contribution < 1.29 is 9.59 Å². The van der Waals surface area contributed by atoms with Crippen LogP contribution in [0.1, 0.15) is 37.0 Å². The maximum Gasteiger partial charge on any atom is 0.274 e. The molecule has 0 aromatic carbocycles. The Morgan fingerprint density at radius 1 is 1.41 bits per heavy atom. The number of hydrogen-bond donors (Lipinski definition) is 1. The molecular weight excluding hydrogens is 284 g/mol. The van der Waals surface area contributed by atoms with Crippen LogP contribution in [-0.4, -0.2) is 69.3 Å². The molecule has 22 heavy (non-hydrogen) atoms. The highest BCUT2D eigenvalue weighted by Crippen LogP contribution is 2.14. The van der Waals surface area contributed by atoms with E-state index in [4.69, 9.17) is 0 Å². The number of carbonyl (C=O) groups excluding carboxylic acids is 2. The van der Waals surface area contributed by atoms with E-state index in [1.54, 1.807) is 9.58 Å². The van der Waals surface area contributed by atoms with Crippen molar-refractivity contribution in [1.82, 2.24) is 30.1 Å². The Labute approximate surface area is 130 Å². The SMILES string of the molecule is CCN1CCn2nnc(CNC(=O)CN(C)C(C)C)c2C1=O. The van der Waals surface area contributed by atoms with Crippen molar-refractivity contribution in [2.75, 3.05) is 26.7 Å². The molecule has 0 spiro atoms. The maximum absolute atomic E-state index is 12.3. The molecule has 0 aliphatic carbocycles. The van der Waals surface area contributed by atoms with Crippen LogP contribution in [0, 0.1) is 0 Å². The van der Waals surface area contributed by atoms with Gasteiger partial charge in [-0.2, -0.15) is 0 Å². The minimum atomic E-state index is -0.0893. The number of likely N-dealkylation sites (N-methyl/N-ethyl adjacent to an activating group) is 2. The van der Waals surface area contributed by atoms with E-state index >= 15 is 0 Å². The topological polar surface area (TPSA) is 83.4 Å². The van der Waals surface area contributed by atoms with E-state index < -0.39 is 0 Å². The first-order valence-electron chi connectivity index (χ1n) is 7.62. The molecule has 122 valence electrons.